The van der Waals surface area contributed by atoms with Crippen molar-refractivity contribution in [3.8, 4) is 0 Å². The van der Waals surface area contributed by atoms with Gasteiger partial charge in [0, 0.05) is 15.8 Å². The molecular weight excluding hydrogens is 275 g/mol. The number of hydrogen-bond donors (Lipinski definition) is 1. The van der Waals surface area contributed by atoms with E-state index >= 15 is 0 Å². The highest BCUT2D eigenvalue weighted by molar-refractivity contribution is 14.1. The first-order valence-electron chi connectivity index (χ1n) is 4.71. The van der Waals surface area contributed by atoms with Crippen LogP contribution in [-0.4, -0.2) is 11.5 Å². The van der Waals surface area contributed by atoms with Crippen LogP contribution in [-0.2, 0) is 0 Å². The van der Waals surface area contributed by atoms with Crippen LogP contribution in [0.15, 0.2) is 18.3 Å². The van der Waals surface area contributed by atoms with Crippen LogP contribution in [0.2, 0.25) is 0 Å². The SMILES string of the molecule is Ic1ccc([C@H]2CCCCN2)nc1. The molecule has 0 amide bonds. The highest BCUT2D eigenvalue weighted by Gasteiger charge is 2.14. The number of nitrogens with one attached hydrogen (secondary N) is 1. The smallest absolute Gasteiger partial charge is 0.0573 e. The summed E-state index contributed by atoms with van der Waals surface area (Å²) in [4.78, 5) is 4.43. The van der Waals surface area contributed by atoms with Crippen molar-refractivity contribution in [2.24, 2.45) is 0 Å². The van der Waals surface area contributed by atoms with Crippen LogP contribution in [0.5, 0.6) is 0 Å². The van der Waals surface area contributed by atoms with E-state index < -0.39 is 0 Å². The van der Waals surface area contributed by atoms with Gasteiger partial charge in [0.25, 0.3) is 0 Å². The molecule has 0 aliphatic carbocycles. The average molecular weight is 288 g/mol. The molecule has 2 heterocycles. The summed E-state index contributed by atoms with van der Waals surface area (Å²) in [6.07, 6.45) is 5.80. The van der Waals surface area contributed by atoms with Crippen molar-refractivity contribution in [2.45, 2.75) is 25.3 Å². The van der Waals surface area contributed by atoms with E-state index in [2.05, 4.69) is 45.0 Å². The largest absolute Gasteiger partial charge is 0.309 e. The number of pyridine rings is 1. The third-order valence-electron chi connectivity index (χ3n) is 2.42. The van der Waals surface area contributed by atoms with Crippen molar-refractivity contribution in [3.63, 3.8) is 0 Å². The van der Waals surface area contributed by atoms with E-state index in [4.69, 9.17) is 0 Å². The molecule has 0 spiro atoms. The normalized spacial score (nSPS) is 23.0. The Labute approximate surface area is 92.3 Å². The first kappa shape index (κ1) is 9.40. The summed E-state index contributed by atoms with van der Waals surface area (Å²) >= 11 is 2.28. The first-order chi connectivity index (χ1) is 6.36. The van der Waals surface area contributed by atoms with E-state index in [9.17, 15) is 0 Å². The number of rotatable bonds is 1. The molecule has 1 saturated heterocycles. The molecule has 0 radical (unpaired) electrons. The van der Waals surface area contributed by atoms with Gasteiger partial charge in [-0.3, -0.25) is 4.98 Å². The van der Waals surface area contributed by atoms with Crippen molar-refractivity contribution in [1.29, 1.82) is 0 Å². The molecule has 2 nitrogen and oxygen atoms in total. The van der Waals surface area contributed by atoms with Crippen molar-refractivity contribution < 1.29 is 0 Å². The Hall–Kier alpha value is -0.160. The lowest BCUT2D eigenvalue weighted by Gasteiger charge is -2.22. The van der Waals surface area contributed by atoms with Gasteiger partial charge in [0.15, 0.2) is 0 Å². The third kappa shape index (κ3) is 2.40. The second-order valence-electron chi connectivity index (χ2n) is 3.40. The lowest BCUT2D eigenvalue weighted by atomic mass is 10.0. The van der Waals surface area contributed by atoms with E-state index in [0.29, 0.717) is 6.04 Å². The minimum absolute atomic E-state index is 0.491. The van der Waals surface area contributed by atoms with Crippen molar-refractivity contribution >= 4 is 22.6 Å². The van der Waals surface area contributed by atoms with Gasteiger partial charge in [0.1, 0.15) is 0 Å². The average Bonchev–Trinajstić information content (AvgIpc) is 2.20. The van der Waals surface area contributed by atoms with Gasteiger partial charge in [0.2, 0.25) is 0 Å². The topological polar surface area (TPSA) is 24.9 Å². The predicted molar refractivity (Wildman–Crippen MR) is 61.5 cm³/mol. The van der Waals surface area contributed by atoms with E-state index in [-0.39, 0.29) is 0 Å². The predicted octanol–water partition coefficient (Wildman–Crippen LogP) is 2.50. The minimum Gasteiger partial charge on any atom is -0.309 e. The zero-order valence-electron chi connectivity index (χ0n) is 7.46. The second-order valence-corrected chi connectivity index (χ2v) is 4.65. The maximum absolute atomic E-state index is 4.43. The number of aromatic nitrogens is 1. The van der Waals surface area contributed by atoms with Gasteiger partial charge in [-0.25, -0.2) is 0 Å². The Kier molecular flexibility index (Phi) is 3.16. The molecule has 0 unspecified atom stereocenters. The molecular formula is C10H13IN2. The number of piperidine rings is 1. The molecule has 1 fully saturated rings. The minimum atomic E-state index is 0.491. The van der Waals surface area contributed by atoms with Crippen LogP contribution >= 0.6 is 22.6 Å². The molecule has 1 N–H and O–H groups in total. The van der Waals surface area contributed by atoms with E-state index in [1.807, 2.05) is 6.20 Å². The van der Waals surface area contributed by atoms with Crippen LogP contribution in [0.1, 0.15) is 31.0 Å². The summed E-state index contributed by atoms with van der Waals surface area (Å²) in [5.74, 6) is 0. The fourth-order valence-corrected chi connectivity index (χ4v) is 2.02. The molecule has 0 bridgehead atoms. The summed E-state index contributed by atoms with van der Waals surface area (Å²) in [7, 11) is 0. The van der Waals surface area contributed by atoms with E-state index in [0.717, 1.165) is 6.54 Å². The monoisotopic (exact) mass is 288 g/mol. The zero-order valence-corrected chi connectivity index (χ0v) is 9.62. The van der Waals surface area contributed by atoms with Gasteiger partial charge in [-0.05, 0) is 54.1 Å². The Morgan fingerprint density at radius 3 is 2.92 bits per heavy atom. The first-order valence-corrected chi connectivity index (χ1v) is 5.79. The zero-order chi connectivity index (χ0) is 9.10. The Bertz CT molecular complexity index is 265. The van der Waals surface area contributed by atoms with Gasteiger partial charge < -0.3 is 5.32 Å². The fourth-order valence-electron chi connectivity index (χ4n) is 1.70. The van der Waals surface area contributed by atoms with Gasteiger partial charge >= 0.3 is 0 Å². The molecule has 1 aromatic rings. The lowest BCUT2D eigenvalue weighted by molar-refractivity contribution is 0.405. The maximum atomic E-state index is 4.43. The maximum Gasteiger partial charge on any atom is 0.0573 e. The highest BCUT2D eigenvalue weighted by atomic mass is 127. The molecule has 2 rings (SSSR count). The Morgan fingerprint density at radius 2 is 2.31 bits per heavy atom. The number of nitrogens with zero attached hydrogens (tertiary/aromatic N) is 1. The second kappa shape index (κ2) is 4.37. The molecule has 3 heteroatoms. The molecule has 70 valence electrons. The van der Waals surface area contributed by atoms with Crippen molar-refractivity contribution in [1.82, 2.24) is 10.3 Å². The quantitative estimate of drug-likeness (QED) is 0.803. The van der Waals surface area contributed by atoms with Gasteiger partial charge in [0.05, 0.1) is 5.69 Å². The van der Waals surface area contributed by atoms with Crippen LogP contribution in [0.4, 0.5) is 0 Å². The molecule has 13 heavy (non-hydrogen) atoms. The molecule has 0 saturated carbocycles. The van der Waals surface area contributed by atoms with E-state index in [1.54, 1.807) is 0 Å². The van der Waals surface area contributed by atoms with Gasteiger partial charge in [-0.15, -0.1) is 0 Å². The summed E-state index contributed by atoms with van der Waals surface area (Å²) in [6, 6.07) is 4.75. The van der Waals surface area contributed by atoms with E-state index in [1.165, 1.54) is 28.5 Å². The summed E-state index contributed by atoms with van der Waals surface area (Å²) in [5, 5.41) is 3.49. The molecule has 0 aromatic carbocycles. The molecule has 1 aliphatic rings. The fraction of sp³-hybridized carbons (Fsp3) is 0.500. The van der Waals surface area contributed by atoms with Crippen molar-refractivity contribution in [2.75, 3.05) is 6.54 Å². The third-order valence-corrected chi connectivity index (χ3v) is 3.06. The lowest BCUT2D eigenvalue weighted by Crippen LogP contribution is -2.27. The summed E-state index contributed by atoms with van der Waals surface area (Å²) in [5.41, 5.74) is 1.19. The Morgan fingerprint density at radius 1 is 1.38 bits per heavy atom. The Balaban J connectivity index is 2.10. The van der Waals surface area contributed by atoms with Crippen LogP contribution in [0.3, 0.4) is 0 Å². The molecule has 1 atom stereocenters. The summed E-state index contributed by atoms with van der Waals surface area (Å²) in [6.45, 7) is 1.14. The van der Waals surface area contributed by atoms with Crippen LogP contribution in [0.25, 0.3) is 0 Å². The summed E-state index contributed by atoms with van der Waals surface area (Å²) < 4.78 is 1.21. The van der Waals surface area contributed by atoms with Gasteiger partial charge in [-0.1, -0.05) is 6.42 Å². The van der Waals surface area contributed by atoms with Crippen molar-refractivity contribution in [3.05, 3.63) is 27.6 Å². The highest BCUT2D eigenvalue weighted by Crippen LogP contribution is 2.21. The number of halogens is 1. The molecule has 1 aliphatic heterocycles. The number of hydrogen-bond acceptors (Lipinski definition) is 2. The standard InChI is InChI=1S/C10H13IN2/c11-8-4-5-10(13-7-8)9-3-1-2-6-12-9/h4-5,7,9,12H,1-3,6H2/t9-/m1/s1. The van der Waals surface area contributed by atoms with Gasteiger partial charge in [-0.2, -0.15) is 0 Å². The van der Waals surface area contributed by atoms with Crippen LogP contribution in [0, 0.1) is 3.57 Å². The van der Waals surface area contributed by atoms with Crippen LogP contribution < -0.4 is 5.32 Å². The molecule has 1 aromatic heterocycles.